The highest BCUT2D eigenvalue weighted by Crippen LogP contribution is 2.22. The van der Waals surface area contributed by atoms with Crippen LogP contribution in [-0.4, -0.2) is 89.0 Å². The van der Waals surface area contributed by atoms with Gasteiger partial charge in [-0.2, -0.15) is 0 Å². The molecule has 1 fully saturated rings. The predicted molar refractivity (Wildman–Crippen MR) is 178 cm³/mol. The zero-order valence-electron chi connectivity index (χ0n) is 28.8. The van der Waals surface area contributed by atoms with E-state index in [9.17, 15) is 30.0 Å². The standard InChI is InChI=1S/C36H66O10/c1-3-5-7-9-11-13-14-15-16-17-19-21-23-25-32(39)45-29(27-43-31(38)24-22-20-18-12-10-8-6-4-2)28-44-36-35(42)34(41)33(40)30(26-37)46-36/h13-14,29-30,33-37,40-42H,3-12,15-28H2,1-2H3/b14-13+/t29-,30-,33+,34?,35?,36-/m1/s1. The van der Waals surface area contributed by atoms with Crippen molar-refractivity contribution >= 4 is 11.9 Å². The molecule has 46 heavy (non-hydrogen) atoms. The quantitative estimate of drug-likeness (QED) is 0.0425. The van der Waals surface area contributed by atoms with Crippen molar-refractivity contribution < 1.29 is 49.0 Å². The van der Waals surface area contributed by atoms with Gasteiger partial charge in [0.2, 0.25) is 0 Å². The van der Waals surface area contributed by atoms with Crippen LogP contribution >= 0.6 is 0 Å². The third kappa shape index (κ3) is 20.6. The zero-order valence-corrected chi connectivity index (χ0v) is 28.8. The summed E-state index contributed by atoms with van der Waals surface area (Å²) < 4.78 is 22.0. The maximum atomic E-state index is 12.6. The van der Waals surface area contributed by atoms with Crippen LogP contribution in [0.4, 0.5) is 0 Å². The maximum absolute atomic E-state index is 12.6. The molecule has 0 saturated carbocycles. The van der Waals surface area contributed by atoms with Gasteiger partial charge in [0.1, 0.15) is 31.0 Å². The molecule has 6 atom stereocenters. The van der Waals surface area contributed by atoms with Crippen molar-refractivity contribution in [3.05, 3.63) is 12.2 Å². The summed E-state index contributed by atoms with van der Waals surface area (Å²) >= 11 is 0. The summed E-state index contributed by atoms with van der Waals surface area (Å²) in [6, 6.07) is 0. The van der Waals surface area contributed by atoms with E-state index in [0.29, 0.717) is 6.42 Å². The van der Waals surface area contributed by atoms with Gasteiger partial charge >= 0.3 is 11.9 Å². The minimum Gasteiger partial charge on any atom is -0.462 e. The first kappa shape index (κ1) is 42.5. The Morgan fingerprint density at radius 2 is 1.15 bits per heavy atom. The first-order valence-electron chi connectivity index (χ1n) is 18.3. The highest BCUT2D eigenvalue weighted by atomic mass is 16.7. The number of hydrogen-bond donors (Lipinski definition) is 4. The maximum Gasteiger partial charge on any atom is 0.306 e. The predicted octanol–water partition coefficient (Wildman–Crippen LogP) is 6.05. The molecular weight excluding hydrogens is 592 g/mol. The molecule has 270 valence electrons. The van der Waals surface area contributed by atoms with Gasteiger partial charge in [-0.15, -0.1) is 0 Å². The average Bonchev–Trinajstić information content (AvgIpc) is 3.05. The van der Waals surface area contributed by atoms with Gasteiger partial charge < -0.3 is 39.4 Å². The van der Waals surface area contributed by atoms with Crippen molar-refractivity contribution in [3.63, 3.8) is 0 Å². The lowest BCUT2D eigenvalue weighted by Gasteiger charge is -2.39. The van der Waals surface area contributed by atoms with Crippen LogP contribution in [0.15, 0.2) is 12.2 Å². The minimum absolute atomic E-state index is 0.217. The second kappa shape index (κ2) is 28.5. The Morgan fingerprint density at radius 1 is 0.652 bits per heavy atom. The molecule has 2 unspecified atom stereocenters. The van der Waals surface area contributed by atoms with E-state index < -0.39 is 49.4 Å². The van der Waals surface area contributed by atoms with Gasteiger partial charge in [-0.25, -0.2) is 0 Å². The number of rotatable bonds is 29. The molecule has 1 heterocycles. The van der Waals surface area contributed by atoms with E-state index in [1.807, 2.05) is 0 Å². The molecule has 0 bridgehead atoms. The lowest BCUT2D eigenvalue weighted by Crippen LogP contribution is -2.59. The lowest BCUT2D eigenvalue weighted by atomic mass is 9.99. The summed E-state index contributed by atoms with van der Waals surface area (Å²) in [5.41, 5.74) is 0. The molecule has 0 radical (unpaired) electrons. The number of hydrogen-bond acceptors (Lipinski definition) is 10. The highest BCUT2D eigenvalue weighted by Gasteiger charge is 2.44. The molecule has 0 amide bonds. The van der Waals surface area contributed by atoms with Crippen molar-refractivity contribution in [1.82, 2.24) is 0 Å². The summed E-state index contributed by atoms with van der Waals surface area (Å²) in [6.45, 7) is 3.34. The number of ether oxygens (including phenoxy) is 4. The molecule has 4 N–H and O–H groups in total. The number of allylic oxidation sites excluding steroid dienone is 2. The van der Waals surface area contributed by atoms with Gasteiger partial charge in [0.25, 0.3) is 0 Å². The van der Waals surface area contributed by atoms with Crippen LogP contribution in [0.1, 0.15) is 149 Å². The Morgan fingerprint density at radius 3 is 1.72 bits per heavy atom. The van der Waals surface area contributed by atoms with E-state index in [4.69, 9.17) is 18.9 Å². The Balaban J connectivity index is 2.43. The Labute approximate surface area is 278 Å². The fourth-order valence-electron chi connectivity index (χ4n) is 5.42. The van der Waals surface area contributed by atoms with Crippen LogP contribution in [0.2, 0.25) is 0 Å². The summed E-state index contributed by atoms with van der Waals surface area (Å²) in [7, 11) is 0. The van der Waals surface area contributed by atoms with Gasteiger partial charge in [0.05, 0.1) is 13.2 Å². The van der Waals surface area contributed by atoms with Crippen LogP contribution in [0.25, 0.3) is 0 Å². The van der Waals surface area contributed by atoms with Gasteiger partial charge in [-0.3, -0.25) is 9.59 Å². The number of esters is 2. The van der Waals surface area contributed by atoms with E-state index in [1.165, 1.54) is 57.8 Å². The Kier molecular flexibility index (Phi) is 26.3. The molecule has 0 spiro atoms. The van der Waals surface area contributed by atoms with Crippen molar-refractivity contribution in [2.45, 2.75) is 185 Å². The highest BCUT2D eigenvalue weighted by molar-refractivity contribution is 5.70. The number of unbranched alkanes of at least 4 members (excludes halogenated alkanes) is 16. The van der Waals surface area contributed by atoms with Crippen LogP contribution in [-0.2, 0) is 28.5 Å². The van der Waals surface area contributed by atoms with Gasteiger partial charge in [0.15, 0.2) is 12.4 Å². The first-order valence-corrected chi connectivity index (χ1v) is 18.3. The van der Waals surface area contributed by atoms with E-state index in [1.54, 1.807) is 0 Å². The molecule has 0 aromatic heterocycles. The van der Waals surface area contributed by atoms with Gasteiger partial charge in [-0.1, -0.05) is 109 Å². The van der Waals surface area contributed by atoms with Crippen molar-refractivity contribution in [2.24, 2.45) is 0 Å². The third-order valence-electron chi connectivity index (χ3n) is 8.40. The first-order chi connectivity index (χ1) is 22.3. The monoisotopic (exact) mass is 658 g/mol. The molecule has 10 nitrogen and oxygen atoms in total. The summed E-state index contributed by atoms with van der Waals surface area (Å²) in [5, 5.41) is 39.8. The molecule has 0 aromatic carbocycles. The van der Waals surface area contributed by atoms with Crippen LogP contribution in [0, 0.1) is 0 Å². The van der Waals surface area contributed by atoms with Gasteiger partial charge in [0, 0.05) is 12.8 Å². The molecule has 10 heteroatoms. The number of carbonyl (C=O) groups is 2. The molecular formula is C36H66O10. The van der Waals surface area contributed by atoms with Crippen molar-refractivity contribution in [2.75, 3.05) is 19.8 Å². The van der Waals surface area contributed by atoms with E-state index in [0.717, 1.165) is 57.8 Å². The molecule has 1 rings (SSSR count). The van der Waals surface area contributed by atoms with Crippen molar-refractivity contribution in [3.8, 4) is 0 Å². The topological polar surface area (TPSA) is 152 Å². The normalized spacial score (nSPS) is 22.3. The van der Waals surface area contributed by atoms with Gasteiger partial charge in [-0.05, 0) is 38.5 Å². The average molecular weight is 659 g/mol. The molecule has 0 aromatic rings. The van der Waals surface area contributed by atoms with Crippen molar-refractivity contribution in [1.29, 1.82) is 0 Å². The van der Waals surface area contributed by atoms with Crippen LogP contribution in [0.5, 0.6) is 0 Å². The number of aliphatic hydroxyl groups is 4. The molecule has 0 aliphatic carbocycles. The fourth-order valence-corrected chi connectivity index (χ4v) is 5.42. The second-order valence-electron chi connectivity index (χ2n) is 12.7. The lowest BCUT2D eigenvalue weighted by molar-refractivity contribution is -0.305. The minimum atomic E-state index is -1.59. The Bertz CT molecular complexity index is 774. The summed E-state index contributed by atoms with van der Waals surface area (Å²) in [5.74, 6) is -0.821. The molecule has 1 aliphatic heterocycles. The second-order valence-corrected chi connectivity index (χ2v) is 12.7. The number of carbonyl (C=O) groups excluding carboxylic acids is 2. The largest absolute Gasteiger partial charge is 0.462 e. The Hall–Kier alpha value is -1.56. The van der Waals surface area contributed by atoms with E-state index in [-0.39, 0.29) is 32.0 Å². The SMILES string of the molecule is CCCCCC/C=C/CCCCCCCC(=O)O[C@H](COC(=O)CCCCCCCCCC)CO[C@@H]1O[C@H](CO)[C@H](O)C(O)C1O. The number of aliphatic hydroxyl groups excluding tert-OH is 4. The van der Waals surface area contributed by atoms with Crippen LogP contribution in [0.3, 0.4) is 0 Å². The smallest absolute Gasteiger partial charge is 0.306 e. The third-order valence-corrected chi connectivity index (χ3v) is 8.40. The van der Waals surface area contributed by atoms with Crippen LogP contribution < -0.4 is 0 Å². The molecule has 1 aliphatic rings. The molecule has 1 saturated heterocycles. The zero-order chi connectivity index (χ0) is 33.8. The van der Waals surface area contributed by atoms with E-state index >= 15 is 0 Å². The summed E-state index contributed by atoms with van der Waals surface area (Å²) in [6.07, 6.45) is 18.1. The van der Waals surface area contributed by atoms with E-state index in [2.05, 4.69) is 26.0 Å². The fraction of sp³-hybridized carbons (Fsp3) is 0.889. The summed E-state index contributed by atoms with van der Waals surface area (Å²) in [4.78, 5) is 25.0.